The number of aromatic nitrogens is 4. The van der Waals surface area contributed by atoms with E-state index < -0.39 is 43.3 Å². The maximum Gasteiger partial charge on any atom is 0.393 e. The van der Waals surface area contributed by atoms with Crippen LogP contribution in [0.2, 0.25) is 0 Å². The first-order valence-corrected chi connectivity index (χ1v) is 17.1. The largest absolute Gasteiger partial charge is 0.393 e. The fourth-order valence-corrected chi connectivity index (χ4v) is 7.44. The Hall–Kier alpha value is -1.74. The molecule has 0 radical (unpaired) electrons. The molecule has 2 aliphatic rings. The van der Waals surface area contributed by atoms with Crippen molar-refractivity contribution >= 4 is 24.6 Å². The number of nitrogens with one attached hydrogen (secondary N) is 1. The van der Waals surface area contributed by atoms with Crippen LogP contribution in [0.3, 0.4) is 0 Å². The zero-order valence-corrected chi connectivity index (χ0v) is 27.9. The Labute approximate surface area is 259 Å². The van der Waals surface area contributed by atoms with Crippen LogP contribution in [0.5, 0.6) is 0 Å². The maximum atomic E-state index is 12.7. The number of imidazole rings is 1. The number of nitrogens with zero attached hydrogens (tertiary/aromatic N) is 4. The van der Waals surface area contributed by atoms with Crippen LogP contribution in [0.15, 0.2) is 12.7 Å². The molecule has 7 unspecified atom stereocenters. The van der Waals surface area contributed by atoms with E-state index in [2.05, 4.69) is 48.0 Å². The highest BCUT2D eigenvalue weighted by Gasteiger charge is 2.70. The van der Waals surface area contributed by atoms with E-state index in [-0.39, 0.29) is 23.9 Å². The molecule has 0 aliphatic carbocycles. The lowest BCUT2D eigenvalue weighted by Crippen LogP contribution is -2.37. The Morgan fingerprint density at radius 2 is 1.86 bits per heavy atom. The summed E-state index contributed by atoms with van der Waals surface area (Å²) in [6.45, 7) is 15.5. The molecule has 6 N–H and O–H groups in total. The number of hydrogen-bond donors (Lipinski definition) is 5. The van der Waals surface area contributed by atoms with Gasteiger partial charge in [0.1, 0.15) is 18.5 Å². The van der Waals surface area contributed by atoms with Gasteiger partial charge in [0.05, 0.1) is 23.6 Å². The van der Waals surface area contributed by atoms with Gasteiger partial charge in [-0.25, -0.2) is 15.0 Å². The Kier molecular flexibility index (Phi) is 10.5. The van der Waals surface area contributed by atoms with Crippen molar-refractivity contribution in [2.24, 2.45) is 11.1 Å². The van der Waals surface area contributed by atoms with Gasteiger partial charge in [0.25, 0.3) is 5.53 Å². The molecule has 0 aromatic carbocycles. The average Bonchev–Trinajstić information content (AvgIpc) is 3.20. The molecule has 4 rings (SSSR count). The highest BCUT2D eigenvalue weighted by Crippen LogP contribution is 2.79. The van der Waals surface area contributed by atoms with Crippen LogP contribution in [0.25, 0.3) is 11.2 Å². The Bertz CT molecular complexity index is 1330. The normalized spacial score (nSPS) is 30.5. The van der Waals surface area contributed by atoms with Crippen LogP contribution < -0.4 is 11.1 Å². The number of rotatable bonds is 17. The van der Waals surface area contributed by atoms with Gasteiger partial charge in [-0.15, -0.1) is 0 Å². The molecule has 2 aromatic heterocycles. The van der Waals surface area contributed by atoms with Crippen molar-refractivity contribution < 1.29 is 38.4 Å². The first kappa shape index (κ1) is 35.1. The van der Waals surface area contributed by atoms with Crippen molar-refractivity contribution in [3.63, 3.8) is 0 Å². The van der Waals surface area contributed by atoms with Gasteiger partial charge in [0.2, 0.25) is 0 Å². The Balaban J connectivity index is 1.39. The molecule has 0 saturated carbocycles. The molecular weight excluding hydrogens is 591 g/mol. The van der Waals surface area contributed by atoms with Crippen LogP contribution in [0.1, 0.15) is 93.2 Å². The van der Waals surface area contributed by atoms with E-state index in [0.29, 0.717) is 36.7 Å². The summed E-state index contributed by atoms with van der Waals surface area (Å²) in [5.74, 6) is 0.542. The molecule has 14 nitrogen and oxygen atoms in total. The second kappa shape index (κ2) is 13.2. The summed E-state index contributed by atoms with van der Waals surface area (Å²) in [5.41, 5.74) is 3.46. The highest BCUT2D eigenvalue weighted by molar-refractivity contribution is 7.61. The molecule has 15 heteroatoms. The second-order valence-corrected chi connectivity index (χ2v) is 15.7. The topological polar surface area (TPSA) is 200 Å². The second-order valence-electron chi connectivity index (χ2n) is 13.6. The lowest BCUT2D eigenvalue weighted by atomic mass is 9.89. The number of ether oxygens (including phenoxy) is 2. The van der Waals surface area contributed by atoms with E-state index in [4.69, 9.17) is 24.3 Å². The minimum absolute atomic E-state index is 0.0759. The highest BCUT2D eigenvalue weighted by atomic mass is 31.2. The number of anilines is 1. The van der Waals surface area contributed by atoms with Crippen molar-refractivity contribution in [2.75, 3.05) is 25.0 Å². The summed E-state index contributed by atoms with van der Waals surface area (Å²) in [5, 5.41) is 35.4. The van der Waals surface area contributed by atoms with Crippen LogP contribution in [0.4, 0.5) is 5.82 Å². The lowest BCUT2D eigenvalue weighted by Gasteiger charge is -2.32. The summed E-state index contributed by atoms with van der Waals surface area (Å²) >= 11 is 0. The van der Waals surface area contributed by atoms with E-state index in [1.165, 1.54) is 12.7 Å². The molecule has 7 atom stereocenters. The molecule has 2 saturated heterocycles. The monoisotopic (exact) mass is 642 g/mol. The molecule has 4 heterocycles. The fraction of sp³-hybridized carbons (Fsp3) is 0.828. The SMILES string of the molecule is CCC(C)(CCCN)OCCC(C)(C)CNc1ncnc2c1ncn2C1OC(CC(C)(C)OP2(=O)OC2(O)CC)C(O)C1O. The number of hydrogen-bond acceptors (Lipinski definition) is 13. The van der Waals surface area contributed by atoms with Crippen molar-refractivity contribution in [1.82, 2.24) is 19.5 Å². The van der Waals surface area contributed by atoms with Crippen molar-refractivity contribution in [3.05, 3.63) is 12.7 Å². The minimum atomic E-state index is -3.69. The van der Waals surface area contributed by atoms with Gasteiger partial charge in [-0.1, -0.05) is 27.7 Å². The fourth-order valence-electron chi connectivity index (χ4n) is 5.47. The number of aliphatic hydroxyl groups is 3. The zero-order valence-electron chi connectivity index (χ0n) is 27.0. The van der Waals surface area contributed by atoms with Gasteiger partial charge in [0.15, 0.2) is 23.2 Å². The van der Waals surface area contributed by atoms with E-state index in [1.54, 1.807) is 25.3 Å². The summed E-state index contributed by atoms with van der Waals surface area (Å²) in [6, 6.07) is 0. The number of aliphatic hydroxyl groups excluding tert-OH is 2. The number of nitrogens with two attached hydrogens (primary N) is 1. The van der Waals surface area contributed by atoms with Crippen molar-refractivity contribution in [2.45, 2.75) is 128 Å². The van der Waals surface area contributed by atoms with Crippen LogP contribution in [-0.2, 0) is 23.1 Å². The van der Waals surface area contributed by atoms with Gasteiger partial charge < -0.3 is 35.8 Å². The molecular formula is C29H51N6O8P. The Morgan fingerprint density at radius 3 is 2.50 bits per heavy atom. The summed E-state index contributed by atoms with van der Waals surface area (Å²) in [4.78, 5) is 13.3. The molecule has 0 bridgehead atoms. The first-order valence-electron chi connectivity index (χ1n) is 15.5. The third-order valence-electron chi connectivity index (χ3n) is 8.77. The molecule has 44 heavy (non-hydrogen) atoms. The van der Waals surface area contributed by atoms with E-state index in [0.717, 1.165) is 25.7 Å². The van der Waals surface area contributed by atoms with Crippen molar-refractivity contribution in [3.8, 4) is 0 Å². The molecule has 2 aliphatic heterocycles. The summed E-state index contributed by atoms with van der Waals surface area (Å²) in [6.07, 6.45) is 2.33. The van der Waals surface area contributed by atoms with Gasteiger partial charge in [0, 0.05) is 26.0 Å². The number of fused-ring (bicyclic) bond motifs is 1. The molecule has 0 amide bonds. The van der Waals surface area contributed by atoms with Gasteiger partial charge in [-0.3, -0.25) is 18.2 Å². The summed E-state index contributed by atoms with van der Waals surface area (Å²) < 4.78 is 37.4. The molecule has 2 aromatic rings. The van der Waals surface area contributed by atoms with Crippen LogP contribution in [0, 0.1) is 5.41 Å². The molecule has 250 valence electrons. The molecule has 2 fully saturated rings. The smallest absolute Gasteiger partial charge is 0.388 e. The van der Waals surface area contributed by atoms with Gasteiger partial charge >= 0.3 is 7.60 Å². The molecule has 0 spiro atoms. The third-order valence-corrected chi connectivity index (χ3v) is 11.1. The van der Waals surface area contributed by atoms with Gasteiger partial charge in [-0.2, -0.15) is 0 Å². The first-order chi connectivity index (χ1) is 20.5. The van der Waals surface area contributed by atoms with E-state index in [1.807, 2.05) is 0 Å². The van der Waals surface area contributed by atoms with Crippen LogP contribution >= 0.6 is 7.60 Å². The van der Waals surface area contributed by atoms with E-state index >= 15 is 0 Å². The quantitative estimate of drug-likeness (QED) is 0.124. The van der Waals surface area contributed by atoms with Gasteiger partial charge in [-0.05, 0) is 58.4 Å². The minimum Gasteiger partial charge on any atom is -0.388 e. The predicted molar refractivity (Wildman–Crippen MR) is 165 cm³/mol. The average molecular weight is 643 g/mol. The Morgan fingerprint density at radius 1 is 1.14 bits per heavy atom. The van der Waals surface area contributed by atoms with Crippen LogP contribution in [-0.4, -0.2) is 89.6 Å². The third kappa shape index (κ3) is 7.62. The van der Waals surface area contributed by atoms with Crippen molar-refractivity contribution in [1.29, 1.82) is 0 Å². The standard InChI is InChI=1S/C29H51N6O8P/c1-8-28(7,11-10-13-30)40-14-12-26(3,4)16-31-23-20-24(33-17-32-23)35(18-34-20)25-22(37)21(36)19(41-25)15-27(5,6)42-44(39)29(38,9-2)43-44/h17-19,21-22,25,36-38H,8-16,30H2,1-7H3,(H,31,32,33). The lowest BCUT2D eigenvalue weighted by molar-refractivity contribution is -0.0586. The summed E-state index contributed by atoms with van der Waals surface area (Å²) in [7, 11) is -3.69. The predicted octanol–water partition coefficient (Wildman–Crippen LogP) is 3.66. The maximum absolute atomic E-state index is 12.7. The zero-order chi connectivity index (χ0) is 32.6. The van der Waals surface area contributed by atoms with E-state index in [9.17, 15) is 19.9 Å².